The molecule has 122 valence electrons. The normalized spacial score (nSPS) is 13.7. The summed E-state index contributed by atoms with van der Waals surface area (Å²) in [6, 6.07) is 7.57. The van der Waals surface area contributed by atoms with Gasteiger partial charge in [0.1, 0.15) is 0 Å². The molecular formula is C18H27NO3. The van der Waals surface area contributed by atoms with Gasteiger partial charge in [0.2, 0.25) is 5.91 Å². The highest BCUT2D eigenvalue weighted by Gasteiger charge is 2.26. The monoisotopic (exact) mass is 305 g/mol. The number of rotatable bonds is 8. The molecular weight excluding hydrogens is 278 g/mol. The van der Waals surface area contributed by atoms with Crippen LogP contribution in [0.2, 0.25) is 0 Å². The molecule has 0 radical (unpaired) electrons. The van der Waals surface area contributed by atoms with Crippen LogP contribution in [0, 0.1) is 24.7 Å². The predicted molar refractivity (Wildman–Crippen MR) is 88.8 cm³/mol. The fourth-order valence-corrected chi connectivity index (χ4v) is 2.51. The summed E-state index contributed by atoms with van der Waals surface area (Å²) in [4.78, 5) is 23.6. The lowest BCUT2D eigenvalue weighted by Crippen LogP contribution is -2.26. The van der Waals surface area contributed by atoms with E-state index in [2.05, 4.69) is 19.2 Å². The number of carboxylic acid groups (broad SMARTS) is 1. The van der Waals surface area contributed by atoms with Crippen molar-refractivity contribution in [2.75, 3.05) is 5.32 Å². The molecule has 0 bridgehead atoms. The molecule has 0 aliphatic rings. The molecule has 0 saturated carbocycles. The van der Waals surface area contributed by atoms with Gasteiger partial charge in [0.25, 0.3) is 0 Å². The molecule has 0 fully saturated rings. The molecule has 0 aliphatic carbocycles. The molecule has 2 N–H and O–H groups in total. The Kier molecular flexibility index (Phi) is 7.09. The van der Waals surface area contributed by atoms with E-state index in [1.807, 2.05) is 38.1 Å². The molecule has 0 unspecified atom stereocenters. The van der Waals surface area contributed by atoms with Crippen molar-refractivity contribution in [3.63, 3.8) is 0 Å². The van der Waals surface area contributed by atoms with Gasteiger partial charge in [0.15, 0.2) is 0 Å². The fraction of sp³-hybridized carbons (Fsp3) is 0.556. The van der Waals surface area contributed by atoms with E-state index >= 15 is 0 Å². The van der Waals surface area contributed by atoms with E-state index in [4.69, 9.17) is 0 Å². The summed E-state index contributed by atoms with van der Waals surface area (Å²) in [6.07, 6.45) is 1.70. The van der Waals surface area contributed by atoms with Gasteiger partial charge in [-0.25, -0.2) is 0 Å². The summed E-state index contributed by atoms with van der Waals surface area (Å²) in [5.41, 5.74) is 1.78. The Balaban J connectivity index is 2.61. The van der Waals surface area contributed by atoms with Crippen LogP contribution in [0.15, 0.2) is 24.3 Å². The molecule has 0 heterocycles. The zero-order valence-electron chi connectivity index (χ0n) is 13.9. The zero-order valence-corrected chi connectivity index (χ0v) is 13.9. The average Bonchev–Trinajstić information content (AvgIpc) is 2.40. The summed E-state index contributed by atoms with van der Waals surface area (Å²) in [6.45, 7) is 7.93. The van der Waals surface area contributed by atoms with Crippen LogP contribution in [0.5, 0.6) is 0 Å². The smallest absolute Gasteiger partial charge is 0.306 e. The highest BCUT2D eigenvalue weighted by Crippen LogP contribution is 2.24. The lowest BCUT2D eigenvalue weighted by atomic mass is 9.85. The van der Waals surface area contributed by atoms with Gasteiger partial charge in [0, 0.05) is 12.1 Å². The molecule has 0 aromatic heterocycles. The van der Waals surface area contributed by atoms with Gasteiger partial charge in [-0.2, -0.15) is 0 Å². The summed E-state index contributed by atoms with van der Waals surface area (Å²) in [5.74, 6) is -1.12. The second-order valence-corrected chi connectivity index (χ2v) is 6.46. The van der Waals surface area contributed by atoms with E-state index in [9.17, 15) is 14.7 Å². The molecule has 4 heteroatoms. The number of aryl methyl sites for hydroxylation is 1. The Morgan fingerprint density at radius 2 is 1.77 bits per heavy atom. The number of carbonyl (C=O) groups is 2. The molecule has 1 aromatic carbocycles. The van der Waals surface area contributed by atoms with Gasteiger partial charge in [-0.15, -0.1) is 0 Å². The molecule has 0 saturated heterocycles. The maximum atomic E-state index is 12.1. The summed E-state index contributed by atoms with van der Waals surface area (Å²) in [7, 11) is 0. The van der Waals surface area contributed by atoms with Crippen molar-refractivity contribution in [2.45, 2.75) is 47.0 Å². The van der Waals surface area contributed by atoms with Gasteiger partial charge in [-0.1, -0.05) is 45.4 Å². The summed E-state index contributed by atoms with van der Waals surface area (Å²) in [5, 5.41) is 12.2. The van der Waals surface area contributed by atoms with E-state index in [1.165, 1.54) is 0 Å². The molecule has 1 amide bonds. The van der Waals surface area contributed by atoms with Crippen LogP contribution in [-0.4, -0.2) is 17.0 Å². The maximum Gasteiger partial charge on any atom is 0.306 e. The van der Waals surface area contributed by atoms with E-state index in [0.29, 0.717) is 12.3 Å². The van der Waals surface area contributed by atoms with Crippen LogP contribution in [-0.2, 0) is 9.59 Å². The maximum absolute atomic E-state index is 12.1. The van der Waals surface area contributed by atoms with Crippen LogP contribution in [0.4, 0.5) is 5.69 Å². The van der Waals surface area contributed by atoms with Gasteiger partial charge in [-0.05, 0) is 36.8 Å². The molecule has 0 aliphatic heterocycles. The first-order valence-electron chi connectivity index (χ1n) is 7.89. The number of benzene rings is 1. The van der Waals surface area contributed by atoms with Crippen LogP contribution in [0.25, 0.3) is 0 Å². The first kappa shape index (κ1) is 18.2. The minimum absolute atomic E-state index is 0.127. The van der Waals surface area contributed by atoms with Crippen molar-refractivity contribution >= 4 is 17.6 Å². The third-order valence-electron chi connectivity index (χ3n) is 3.99. The summed E-state index contributed by atoms with van der Waals surface area (Å²) < 4.78 is 0. The van der Waals surface area contributed by atoms with Gasteiger partial charge in [0.05, 0.1) is 5.92 Å². The average molecular weight is 305 g/mol. The van der Waals surface area contributed by atoms with Crippen molar-refractivity contribution < 1.29 is 14.7 Å². The van der Waals surface area contributed by atoms with E-state index in [1.54, 1.807) is 0 Å². The standard InChI is InChI=1S/C18H27NO3/c1-12(2)9-10-15(18(21)22)14(4)11-17(20)19-16-8-6-5-7-13(16)3/h5-8,12,14-15H,9-11H2,1-4H3,(H,19,20)(H,21,22)/t14-,15+/m1/s1. The number of hydrogen-bond acceptors (Lipinski definition) is 2. The van der Waals surface area contributed by atoms with Crippen molar-refractivity contribution in [1.82, 2.24) is 0 Å². The lowest BCUT2D eigenvalue weighted by molar-refractivity contribution is -0.144. The molecule has 1 aromatic rings. The minimum Gasteiger partial charge on any atom is -0.481 e. The highest BCUT2D eigenvalue weighted by molar-refractivity contribution is 5.91. The number of nitrogens with one attached hydrogen (secondary N) is 1. The van der Waals surface area contributed by atoms with Crippen LogP contribution in [0.1, 0.15) is 45.6 Å². The Bertz CT molecular complexity index is 511. The zero-order chi connectivity index (χ0) is 16.7. The van der Waals surface area contributed by atoms with Gasteiger partial charge < -0.3 is 10.4 Å². The largest absolute Gasteiger partial charge is 0.481 e. The van der Waals surface area contributed by atoms with E-state index in [-0.39, 0.29) is 18.2 Å². The lowest BCUT2D eigenvalue weighted by Gasteiger charge is -2.21. The number of amides is 1. The first-order valence-corrected chi connectivity index (χ1v) is 7.89. The fourth-order valence-electron chi connectivity index (χ4n) is 2.51. The Morgan fingerprint density at radius 3 is 2.32 bits per heavy atom. The van der Waals surface area contributed by atoms with E-state index < -0.39 is 11.9 Å². The number of aliphatic carboxylic acids is 1. The molecule has 22 heavy (non-hydrogen) atoms. The van der Waals surface area contributed by atoms with E-state index in [0.717, 1.165) is 17.7 Å². The number of carboxylic acids is 1. The Labute approximate surface area is 132 Å². The first-order chi connectivity index (χ1) is 10.3. The number of hydrogen-bond donors (Lipinski definition) is 2. The number of para-hydroxylation sites is 1. The highest BCUT2D eigenvalue weighted by atomic mass is 16.4. The SMILES string of the molecule is Cc1ccccc1NC(=O)C[C@@H](C)[C@H](CCC(C)C)C(=O)O. The van der Waals surface area contributed by atoms with Crippen LogP contribution >= 0.6 is 0 Å². The number of anilines is 1. The molecule has 2 atom stereocenters. The second-order valence-electron chi connectivity index (χ2n) is 6.46. The second kappa shape index (κ2) is 8.57. The molecule has 1 rings (SSSR count). The molecule has 4 nitrogen and oxygen atoms in total. The Morgan fingerprint density at radius 1 is 1.14 bits per heavy atom. The van der Waals surface area contributed by atoms with Crippen molar-refractivity contribution in [1.29, 1.82) is 0 Å². The predicted octanol–water partition coefficient (Wildman–Crippen LogP) is 4.10. The quantitative estimate of drug-likeness (QED) is 0.760. The van der Waals surface area contributed by atoms with Crippen LogP contribution in [0.3, 0.4) is 0 Å². The minimum atomic E-state index is -0.808. The van der Waals surface area contributed by atoms with Crippen molar-refractivity contribution in [3.8, 4) is 0 Å². The van der Waals surface area contributed by atoms with Gasteiger partial charge in [-0.3, -0.25) is 9.59 Å². The van der Waals surface area contributed by atoms with Crippen LogP contribution < -0.4 is 5.32 Å². The van der Waals surface area contributed by atoms with Crippen molar-refractivity contribution in [2.24, 2.45) is 17.8 Å². The summed E-state index contributed by atoms with van der Waals surface area (Å²) >= 11 is 0. The third-order valence-corrected chi connectivity index (χ3v) is 3.99. The number of carbonyl (C=O) groups excluding carboxylic acids is 1. The topological polar surface area (TPSA) is 66.4 Å². The van der Waals surface area contributed by atoms with Gasteiger partial charge >= 0.3 is 5.97 Å². The third kappa shape index (κ3) is 5.88. The Hall–Kier alpha value is -1.84. The van der Waals surface area contributed by atoms with Crippen molar-refractivity contribution in [3.05, 3.63) is 29.8 Å². The molecule has 0 spiro atoms.